The molecular formula is C9H9F3N2O3. The number of carbonyl (C=O) groups excluding carboxylic acids is 1. The molecule has 1 heterocycles. The molecule has 0 aliphatic carbocycles. The van der Waals surface area contributed by atoms with E-state index in [0.29, 0.717) is 0 Å². The van der Waals surface area contributed by atoms with Crippen LogP contribution in [0.3, 0.4) is 0 Å². The highest BCUT2D eigenvalue weighted by molar-refractivity contribution is 5.76. The van der Waals surface area contributed by atoms with E-state index >= 15 is 0 Å². The number of amides is 1. The number of carboxylic acids is 1. The lowest BCUT2D eigenvalue weighted by atomic mass is 10.3. The molecule has 94 valence electrons. The average Bonchev–Trinajstić information content (AvgIpc) is 2.17. The van der Waals surface area contributed by atoms with Gasteiger partial charge < -0.3 is 10.8 Å². The van der Waals surface area contributed by atoms with Crippen LogP contribution in [0.4, 0.5) is 13.2 Å². The quantitative estimate of drug-likeness (QED) is 0.809. The number of carboxylic acid groups (broad SMARTS) is 1. The molecule has 0 bridgehead atoms. The lowest BCUT2D eigenvalue weighted by Crippen LogP contribution is -2.21. The summed E-state index contributed by atoms with van der Waals surface area (Å²) in [6, 6.07) is 5.39. The Hall–Kier alpha value is -2.12. The Labute approximate surface area is 94.1 Å². The maximum absolute atomic E-state index is 10.6. The summed E-state index contributed by atoms with van der Waals surface area (Å²) in [4.78, 5) is 23.2. The van der Waals surface area contributed by atoms with Gasteiger partial charge in [-0.1, -0.05) is 6.07 Å². The summed E-state index contributed by atoms with van der Waals surface area (Å²) in [6.07, 6.45) is -3.22. The predicted molar refractivity (Wildman–Crippen MR) is 50.8 cm³/mol. The first-order valence-corrected chi connectivity index (χ1v) is 4.22. The molecule has 5 nitrogen and oxygen atoms in total. The molecule has 0 saturated heterocycles. The highest BCUT2D eigenvalue weighted by Crippen LogP contribution is 2.13. The molecule has 0 atom stereocenters. The summed E-state index contributed by atoms with van der Waals surface area (Å²) in [5, 5.41) is 7.12. The molecule has 0 aromatic carbocycles. The Kier molecular flexibility index (Phi) is 5.65. The SMILES string of the molecule is NC(=O)Cc1ccccn1.O=C(O)C(F)(F)F. The molecule has 0 spiro atoms. The molecule has 0 aliphatic rings. The molecule has 0 saturated carbocycles. The molecule has 0 aliphatic heterocycles. The Morgan fingerprint density at radius 3 is 2.18 bits per heavy atom. The maximum atomic E-state index is 10.6. The van der Waals surface area contributed by atoms with Crippen molar-refractivity contribution in [1.29, 1.82) is 0 Å². The highest BCUT2D eigenvalue weighted by Gasteiger charge is 2.38. The standard InChI is InChI=1S/C7H8N2O.C2HF3O2/c8-7(10)5-6-3-1-2-4-9-6;3-2(4,5)1(6)7/h1-4H,5H2,(H2,8,10);(H,6,7). The molecule has 0 radical (unpaired) electrons. The number of pyridine rings is 1. The number of rotatable bonds is 2. The number of hydrogen-bond acceptors (Lipinski definition) is 3. The normalized spacial score (nSPS) is 10.1. The molecule has 1 aromatic heterocycles. The topological polar surface area (TPSA) is 93.3 Å². The number of aliphatic carboxylic acids is 1. The van der Waals surface area contributed by atoms with Crippen molar-refractivity contribution >= 4 is 11.9 Å². The number of carbonyl (C=O) groups is 2. The van der Waals surface area contributed by atoms with Crippen LogP contribution in [-0.2, 0) is 16.0 Å². The van der Waals surface area contributed by atoms with Crippen LogP contribution in [0.15, 0.2) is 24.4 Å². The smallest absolute Gasteiger partial charge is 0.475 e. The number of alkyl halides is 3. The Balaban J connectivity index is 0.000000325. The second kappa shape index (κ2) is 6.46. The zero-order valence-electron chi connectivity index (χ0n) is 8.44. The minimum Gasteiger partial charge on any atom is -0.475 e. The number of aromatic nitrogens is 1. The Bertz CT molecular complexity index is 379. The van der Waals surface area contributed by atoms with E-state index in [1.165, 1.54) is 0 Å². The van der Waals surface area contributed by atoms with Crippen LogP contribution in [0.5, 0.6) is 0 Å². The third-order valence-electron chi connectivity index (χ3n) is 1.32. The van der Waals surface area contributed by atoms with Crippen LogP contribution in [0.2, 0.25) is 0 Å². The number of nitrogens with zero attached hydrogens (tertiary/aromatic N) is 1. The molecule has 17 heavy (non-hydrogen) atoms. The van der Waals surface area contributed by atoms with Gasteiger partial charge in [-0.15, -0.1) is 0 Å². The fraction of sp³-hybridized carbons (Fsp3) is 0.222. The van der Waals surface area contributed by atoms with Crippen LogP contribution in [-0.4, -0.2) is 28.1 Å². The largest absolute Gasteiger partial charge is 0.490 e. The fourth-order valence-corrected chi connectivity index (χ4v) is 0.681. The van der Waals surface area contributed by atoms with Crippen LogP contribution < -0.4 is 5.73 Å². The molecule has 1 rings (SSSR count). The zero-order valence-corrected chi connectivity index (χ0v) is 8.44. The molecule has 0 unspecified atom stereocenters. The van der Waals surface area contributed by atoms with Gasteiger partial charge in [-0.2, -0.15) is 13.2 Å². The van der Waals surface area contributed by atoms with E-state index < -0.39 is 12.1 Å². The summed E-state index contributed by atoms with van der Waals surface area (Å²) in [6.45, 7) is 0. The van der Waals surface area contributed by atoms with E-state index in [1.807, 2.05) is 6.07 Å². The van der Waals surface area contributed by atoms with E-state index in [1.54, 1.807) is 18.3 Å². The maximum Gasteiger partial charge on any atom is 0.490 e. The van der Waals surface area contributed by atoms with E-state index in [4.69, 9.17) is 15.6 Å². The van der Waals surface area contributed by atoms with Crippen LogP contribution in [0.25, 0.3) is 0 Å². The van der Waals surface area contributed by atoms with Gasteiger partial charge in [-0.25, -0.2) is 4.79 Å². The van der Waals surface area contributed by atoms with Gasteiger partial charge in [0.15, 0.2) is 0 Å². The minimum absolute atomic E-state index is 0.223. The summed E-state index contributed by atoms with van der Waals surface area (Å²) >= 11 is 0. The van der Waals surface area contributed by atoms with Gasteiger partial charge in [-0.3, -0.25) is 9.78 Å². The van der Waals surface area contributed by atoms with Gasteiger partial charge >= 0.3 is 12.1 Å². The second-order valence-corrected chi connectivity index (χ2v) is 2.77. The zero-order chi connectivity index (χ0) is 13.5. The van der Waals surface area contributed by atoms with Crippen molar-refractivity contribution in [2.24, 2.45) is 5.73 Å². The van der Waals surface area contributed by atoms with Gasteiger partial charge in [0.25, 0.3) is 0 Å². The van der Waals surface area contributed by atoms with E-state index in [-0.39, 0.29) is 12.3 Å². The minimum atomic E-state index is -5.08. The molecule has 8 heteroatoms. The van der Waals surface area contributed by atoms with Crippen molar-refractivity contribution in [3.63, 3.8) is 0 Å². The summed E-state index contributed by atoms with van der Waals surface area (Å²) in [5.41, 5.74) is 5.66. The van der Waals surface area contributed by atoms with Crippen molar-refractivity contribution in [2.75, 3.05) is 0 Å². The number of nitrogens with two attached hydrogens (primary N) is 1. The van der Waals surface area contributed by atoms with Crippen molar-refractivity contribution in [3.8, 4) is 0 Å². The predicted octanol–water partition coefficient (Wildman–Crippen LogP) is 0.743. The van der Waals surface area contributed by atoms with Gasteiger partial charge in [-0.05, 0) is 12.1 Å². The lowest BCUT2D eigenvalue weighted by molar-refractivity contribution is -0.192. The summed E-state index contributed by atoms with van der Waals surface area (Å²) < 4.78 is 31.7. The van der Waals surface area contributed by atoms with Crippen molar-refractivity contribution in [1.82, 2.24) is 4.98 Å². The molecule has 1 amide bonds. The van der Waals surface area contributed by atoms with Gasteiger partial charge in [0, 0.05) is 11.9 Å². The average molecular weight is 250 g/mol. The molecule has 3 N–H and O–H groups in total. The second-order valence-electron chi connectivity index (χ2n) is 2.77. The first-order valence-electron chi connectivity index (χ1n) is 4.22. The van der Waals surface area contributed by atoms with Crippen LogP contribution >= 0.6 is 0 Å². The highest BCUT2D eigenvalue weighted by atomic mass is 19.4. The number of hydrogen-bond donors (Lipinski definition) is 2. The van der Waals surface area contributed by atoms with Crippen molar-refractivity contribution in [3.05, 3.63) is 30.1 Å². The Morgan fingerprint density at radius 2 is 1.88 bits per heavy atom. The monoisotopic (exact) mass is 250 g/mol. The molecular weight excluding hydrogens is 241 g/mol. The molecule has 1 aromatic rings. The first-order chi connectivity index (χ1) is 7.73. The van der Waals surface area contributed by atoms with Crippen LogP contribution in [0, 0.1) is 0 Å². The Morgan fingerprint density at radius 1 is 1.35 bits per heavy atom. The molecule has 0 fully saturated rings. The van der Waals surface area contributed by atoms with Crippen molar-refractivity contribution in [2.45, 2.75) is 12.6 Å². The van der Waals surface area contributed by atoms with Gasteiger partial charge in [0.1, 0.15) is 0 Å². The van der Waals surface area contributed by atoms with Crippen LogP contribution in [0.1, 0.15) is 5.69 Å². The van der Waals surface area contributed by atoms with E-state index in [0.717, 1.165) is 5.69 Å². The first kappa shape index (κ1) is 14.9. The van der Waals surface area contributed by atoms with Crippen molar-refractivity contribution < 1.29 is 27.9 Å². The van der Waals surface area contributed by atoms with Gasteiger partial charge in [0.2, 0.25) is 5.91 Å². The summed E-state index contributed by atoms with van der Waals surface area (Å²) in [7, 11) is 0. The van der Waals surface area contributed by atoms with E-state index in [2.05, 4.69) is 4.98 Å². The van der Waals surface area contributed by atoms with Gasteiger partial charge in [0.05, 0.1) is 6.42 Å². The lowest BCUT2D eigenvalue weighted by Gasteiger charge is -1.93. The van der Waals surface area contributed by atoms with E-state index in [9.17, 15) is 18.0 Å². The number of primary amides is 1. The fourth-order valence-electron chi connectivity index (χ4n) is 0.681. The summed E-state index contributed by atoms with van der Waals surface area (Å²) in [5.74, 6) is -3.11. The number of halogens is 3. The third-order valence-corrected chi connectivity index (χ3v) is 1.32. The third kappa shape index (κ3) is 7.77.